The fraction of sp³-hybridized carbons (Fsp3) is 0.500. The minimum atomic E-state index is -0.884. The largest absolute Gasteiger partial charge is 0.492 e. The van der Waals surface area contributed by atoms with Crippen molar-refractivity contribution in [3.8, 4) is 5.75 Å². The number of rotatable bonds is 7. The molecule has 2 N–H and O–H groups in total. The van der Waals surface area contributed by atoms with Crippen molar-refractivity contribution in [1.29, 1.82) is 0 Å². The first kappa shape index (κ1) is 14.5. The van der Waals surface area contributed by atoms with E-state index in [1.807, 2.05) is 31.2 Å². The predicted molar refractivity (Wildman–Crippen MR) is 70.7 cm³/mol. The number of para-hydroxylation sites is 1. The van der Waals surface area contributed by atoms with Crippen molar-refractivity contribution >= 4 is 5.97 Å². The van der Waals surface area contributed by atoms with Gasteiger partial charge in [0.25, 0.3) is 0 Å². The van der Waals surface area contributed by atoms with E-state index in [-0.39, 0.29) is 6.61 Å². The molecule has 100 valence electrons. The van der Waals surface area contributed by atoms with Crippen LogP contribution in [0.3, 0.4) is 0 Å². The Hall–Kier alpha value is -1.55. The fourth-order valence-electron chi connectivity index (χ4n) is 1.37. The Morgan fingerprint density at radius 1 is 1.39 bits per heavy atom. The van der Waals surface area contributed by atoms with Crippen LogP contribution in [0.4, 0.5) is 0 Å². The zero-order valence-electron chi connectivity index (χ0n) is 11.2. The lowest BCUT2D eigenvalue weighted by molar-refractivity contribution is -0.148. The molecule has 0 atom stereocenters. The van der Waals surface area contributed by atoms with Crippen molar-refractivity contribution < 1.29 is 14.6 Å². The van der Waals surface area contributed by atoms with E-state index in [0.29, 0.717) is 0 Å². The molecule has 0 fully saturated rings. The molecule has 0 aliphatic carbocycles. The summed E-state index contributed by atoms with van der Waals surface area (Å²) in [7, 11) is 0. The van der Waals surface area contributed by atoms with Crippen molar-refractivity contribution in [3.63, 3.8) is 0 Å². The van der Waals surface area contributed by atoms with E-state index in [4.69, 9.17) is 9.84 Å². The summed E-state index contributed by atoms with van der Waals surface area (Å²) in [5.41, 5.74) is 0.159. The zero-order valence-corrected chi connectivity index (χ0v) is 11.2. The van der Waals surface area contributed by atoms with Crippen LogP contribution in [-0.4, -0.2) is 24.2 Å². The Morgan fingerprint density at radius 3 is 2.67 bits per heavy atom. The molecule has 4 heteroatoms. The van der Waals surface area contributed by atoms with Crippen LogP contribution < -0.4 is 10.1 Å². The van der Waals surface area contributed by atoms with Crippen LogP contribution >= 0.6 is 0 Å². The maximum absolute atomic E-state index is 11.0. The first-order valence-corrected chi connectivity index (χ1v) is 6.12. The Labute approximate surface area is 108 Å². The lowest BCUT2D eigenvalue weighted by Gasteiger charge is -2.20. The minimum Gasteiger partial charge on any atom is -0.492 e. The number of hydrogen-bond donors (Lipinski definition) is 2. The lowest BCUT2D eigenvalue weighted by atomic mass is 9.95. The second kappa shape index (κ2) is 6.40. The molecule has 0 radical (unpaired) electrons. The normalized spacial score (nSPS) is 11.3. The van der Waals surface area contributed by atoms with E-state index in [0.717, 1.165) is 24.4 Å². The van der Waals surface area contributed by atoms with Crippen molar-refractivity contribution in [3.05, 3.63) is 29.8 Å². The number of carboxylic acid groups (broad SMARTS) is 1. The third-order valence-corrected chi connectivity index (χ3v) is 2.71. The number of nitrogens with one attached hydrogen (secondary N) is 1. The third kappa shape index (κ3) is 4.04. The maximum Gasteiger partial charge on any atom is 0.312 e. The van der Waals surface area contributed by atoms with E-state index >= 15 is 0 Å². The highest BCUT2D eigenvalue weighted by Crippen LogP contribution is 2.22. The predicted octanol–water partition coefficient (Wildman–Crippen LogP) is 2.29. The smallest absolute Gasteiger partial charge is 0.312 e. The SMILES string of the molecule is CCNCc1ccccc1OCC(C)(C)C(=O)O. The van der Waals surface area contributed by atoms with Gasteiger partial charge in [0.15, 0.2) is 0 Å². The molecule has 4 nitrogen and oxygen atoms in total. The van der Waals surface area contributed by atoms with E-state index in [1.165, 1.54) is 0 Å². The van der Waals surface area contributed by atoms with Gasteiger partial charge in [0.1, 0.15) is 12.4 Å². The van der Waals surface area contributed by atoms with Gasteiger partial charge in [-0.15, -0.1) is 0 Å². The van der Waals surface area contributed by atoms with Crippen LogP contribution in [0.1, 0.15) is 26.3 Å². The van der Waals surface area contributed by atoms with Crippen molar-refractivity contribution in [2.75, 3.05) is 13.2 Å². The first-order chi connectivity index (χ1) is 8.47. The van der Waals surface area contributed by atoms with Gasteiger partial charge in [0.05, 0.1) is 5.41 Å². The molecule has 1 aromatic carbocycles. The molecule has 0 saturated carbocycles. The summed E-state index contributed by atoms with van der Waals surface area (Å²) in [6, 6.07) is 7.68. The van der Waals surface area contributed by atoms with Gasteiger partial charge >= 0.3 is 5.97 Å². The third-order valence-electron chi connectivity index (χ3n) is 2.71. The van der Waals surface area contributed by atoms with Gasteiger partial charge in [0.2, 0.25) is 0 Å². The van der Waals surface area contributed by atoms with Gasteiger partial charge in [-0.3, -0.25) is 4.79 Å². The summed E-state index contributed by atoms with van der Waals surface area (Å²) < 4.78 is 5.64. The highest BCUT2D eigenvalue weighted by atomic mass is 16.5. The Morgan fingerprint density at radius 2 is 2.06 bits per heavy atom. The zero-order chi connectivity index (χ0) is 13.6. The average molecular weight is 251 g/mol. The highest BCUT2D eigenvalue weighted by Gasteiger charge is 2.28. The van der Waals surface area contributed by atoms with Crippen molar-refractivity contribution in [2.24, 2.45) is 5.41 Å². The standard InChI is InChI=1S/C14H21NO3/c1-4-15-9-11-7-5-6-8-12(11)18-10-14(2,3)13(16)17/h5-8,15H,4,9-10H2,1-3H3,(H,16,17). The molecule has 1 aromatic rings. The molecule has 0 spiro atoms. The molecule has 18 heavy (non-hydrogen) atoms. The van der Waals surface area contributed by atoms with Gasteiger partial charge in [-0.25, -0.2) is 0 Å². The van der Waals surface area contributed by atoms with E-state index in [1.54, 1.807) is 13.8 Å². The van der Waals surface area contributed by atoms with E-state index in [2.05, 4.69) is 5.32 Å². The topological polar surface area (TPSA) is 58.6 Å². The van der Waals surface area contributed by atoms with Crippen LogP contribution in [0.15, 0.2) is 24.3 Å². The van der Waals surface area contributed by atoms with Gasteiger partial charge in [0, 0.05) is 12.1 Å². The molecular formula is C14H21NO3. The lowest BCUT2D eigenvalue weighted by Crippen LogP contribution is -2.31. The number of ether oxygens (including phenoxy) is 1. The second-order valence-corrected chi connectivity index (χ2v) is 4.87. The molecule has 0 amide bonds. The molecule has 0 aliphatic rings. The molecular weight excluding hydrogens is 230 g/mol. The number of aliphatic carboxylic acids is 1. The van der Waals surface area contributed by atoms with E-state index in [9.17, 15) is 4.79 Å². The average Bonchev–Trinajstić information content (AvgIpc) is 2.34. The fourth-order valence-corrected chi connectivity index (χ4v) is 1.37. The van der Waals surface area contributed by atoms with Gasteiger partial charge in [-0.1, -0.05) is 25.1 Å². The quantitative estimate of drug-likeness (QED) is 0.780. The second-order valence-electron chi connectivity index (χ2n) is 4.87. The van der Waals surface area contributed by atoms with Gasteiger partial charge in [-0.2, -0.15) is 0 Å². The Balaban J connectivity index is 2.69. The molecule has 0 unspecified atom stereocenters. The minimum absolute atomic E-state index is 0.158. The van der Waals surface area contributed by atoms with Gasteiger partial charge < -0.3 is 15.2 Å². The summed E-state index contributed by atoms with van der Waals surface area (Å²) in [4.78, 5) is 11.0. The molecule has 0 saturated heterocycles. The molecule has 0 aliphatic heterocycles. The van der Waals surface area contributed by atoms with Crippen LogP contribution in [0.5, 0.6) is 5.75 Å². The van der Waals surface area contributed by atoms with Crippen LogP contribution in [0.25, 0.3) is 0 Å². The van der Waals surface area contributed by atoms with Crippen LogP contribution in [0.2, 0.25) is 0 Å². The monoisotopic (exact) mass is 251 g/mol. The molecule has 0 bridgehead atoms. The number of carboxylic acids is 1. The highest BCUT2D eigenvalue weighted by molar-refractivity contribution is 5.73. The van der Waals surface area contributed by atoms with Gasteiger partial charge in [-0.05, 0) is 26.5 Å². The Kier molecular flexibility index (Phi) is 5.16. The van der Waals surface area contributed by atoms with Crippen molar-refractivity contribution in [1.82, 2.24) is 5.32 Å². The maximum atomic E-state index is 11.0. The van der Waals surface area contributed by atoms with Crippen LogP contribution in [0, 0.1) is 5.41 Å². The van der Waals surface area contributed by atoms with E-state index < -0.39 is 11.4 Å². The molecule has 1 rings (SSSR count). The summed E-state index contributed by atoms with van der Waals surface area (Å²) in [6.07, 6.45) is 0. The Bertz CT molecular complexity index is 402. The summed E-state index contributed by atoms with van der Waals surface area (Å²) in [6.45, 7) is 7.11. The number of benzene rings is 1. The molecule has 0 heterocycles. The summed E-state index contributed by atoms with van der Waals surface area (Å²) >= 11 is 0. The number of hydrogen-bond acceptors (Lipinski definition) is 3. The molecule has 0 aromatic heterocycles. The summed E-state index contributed by atoms with van der Waals surface area (Å²) in [5.74, 6) is -0.112. The van der Waals surface area contributed by atoms with Crippen molar-refractivity contribution in [2.45, 2.75) is 27.3 Å². The summed E-state index contributed by atoms with van der Waals surface area (Å²) in [5, 5.41) is 12.3. The first-order valence-electron chi connectivity index (χ1n) is 6.12. The number of carbonyl (C=O) groups is 1. The van der Waals surface area contributed by atoms with Crippen LogP contribution in [-0.2, 0) is 11.3 Å².